The minimum atomic E-state index is -0.672. The van der Waals surface area contributed by atoms with Gasteiger partial charge in [-0.15, -0.1) is 0 Å². The molecule has 0 aromatic rings. The van der Waals surface area contributed by atoms with E-state index in [0.29, 0.717) is 6.42 Å². The molecule has 0 saturated heterocycles. The minimum absolute atomic E-state index is 0.380. The first-order valence-corrected chi connectivity index (χ1v) is 7.48. The van der Waals surface area contributed by atoms with Crippen molar-refractivity contribution in [1.29, 1.82) is 0 Å². The number of aliphatic hydroxyl groups excluding tert-OH is 1. The fourth-order valence-corrected chi connectivity index (χ4v) is 5.86. The Morgan fingerprint density at radius 2 is 2.29 bits per heavy atom. The van der Waals surface area contributed by atoms with Crippen LogP contribution in [0.1, 0.15) is 19.8 Å². The Balaban J connectivity index is 2.72. The zero-order chi connectivity index (χ0) is 10.8. The number of allylic oxidation sites excluding steroid dienone is 2. The zero-order valence-corrected chi connectivity index (χ0v) is 14.1. The van der Waals surface area contributed by atoms with Gasteiger partial charge in [0.05, 0.1) is 0 Å². The molecule has 0 saturated carbocycles. The van der Waals surface area contributed by atoms with Gasteiger partial charge in [0.1, 0.15) is 3.61 Å². The lowest BCUT2D eigenvalue weighted by Crippen LogP contribution is -2.29. The second-order valence-corrected chi connectivity index (χ2v) is 7.52. The first-order chi connectivity index (χ1) is 6.45. The molecular formula is C9H11I3O2. The Morgan fingerprint density at radius 3 is 2.79 bits per heavy atom. The van der Waals surface area contributed by atoms with Crippen LogP contribution in [0.3, 0.4) is 0 Å². The molecule has 0 radical (unpaired) electrons. The molecule has 0 amide bonds. The van der Waals surface area contributed by atoms with E-state index in [1.165, 1.54) is 3.58 Å². The zero-order valence-electron chi connectivity index (χ0n) is 7.64. The summed E-state index contributed by atoms with van der Waals surface area (Å²) in [4.78, 5) is 0. The van der Waals surface area contributed by atoms with Crippen LogP contribution in [0, 0.1) is 0 Å². The van der Waals surface area contributed by atoms with Crippen LogP contribution in [0.25, 0.3) is 0 Å². The summed E-state index contributed by atoms with van der Waals surface area (Å²) < 4.78 is 7.62. The molecule has 1 N–H and O–H groups in total. The first kappa shape index (κ1) is 13.7. The number of rotatable bonds is 3. The smallest absolute Gasteiger partial charge is 0.156 e. The maximum absolute atomic E-state index is 9.47. The molecule has 1 aliphatic carbocycles. The number of hydrogen-bond donors (Lipinski definition) is 1. The van der Waals surface area contributed by atoms with Crippen LogP contribution in [0.5, 0.6) is 0 Å². The minimum Gasteiger partial charge on any atom is -0.368 e. The van der Waals surface area contributed by atoms with E-state index in [2.05, 4.69) is 79.9 Å². The molecule has 1 rings (SSSR count). The lowest BCUT2D eigenvalue weighted by molar-refractivity contribution is -0.128. The Labute approximate surface area is 125 Å². The van der Waals surface area contributed by atoms with Crippen molar-refractivity contribution in [2.75, 3.05) is 0 Å². The topological polar surface area (TPSA) is 29.5 Å². The standard InChI is InChI=1S/C9H11I3O2/c1-2-8(13)14-9(12)4-6(10)3-7(11)5-9/h3-4,8,13H,2,5H2,1H3. The van der Waals surface area contributed by atoms with Crippen molar-refractivity contribution < 1.29 is 9.84 Å². The van der Waals surface area contributed by atoms with Gasteiger partial charge < -0.3 is 9.84 Å². The molecule has 5 heteroatoms. The van der Waals surface area contributed by atoms with E-state index in [4.69, 9.17) is 4.74 Å². The van der Waals surface area contributed by atoms with E-state index < -0.39 is 6.29 Å². The van der Waals surface area contributed by atoms with Gasteiger partial charge >= 0.3 is 0 Å². The highest BCUT2D eigenvalue weighted by Crippen LogP contribution is 2.40. The number of aliphatic hydroxyl groups is 1. The van der Waals surface area contributed by atoms with Crippen LogP contribution in [0.15, 0.2) is 19.3 Å². The van der Waals surface area contributed by atoms with Gasteiger partial charge in [0.25, 0.3) is 0 Å². The first-order valence-electron chi connectivity index (χ1n) is 4.24. The molecule has 0 fully saturated rings. The fraction of sp³-hybridized carbons (Fsp3) is 0.556. The third kappa shape index (κ3) is 4.22. The molecule has 2 nitrogen and oxygen atoms in total. The van der Waals surface area contributed by atoms with Crippen LogP contribution in [0.4, 0.5) is 0 Å². The molecule has 2 unspecified atom stereocenters. The Kier molecular flexibility index (Phi) is 5.64. The molecule has 14 heavy (non-hydrogen) atoms. The number of halogens is 3. The van der Waals surface area contributed by atoms with Crippen molar-refractivity contribution in [3.63, 3.8) is 0 Å². The van der Waals surface area contributed by atoms with Crippen molar-refractivity contribution >= 4 is 67.8 Å². The molecule has 2 atom stereocenters. The van der Waals surface area contributed by atoms with E-state index in [1.54, 1.807) is 0 Å². The maximum Gasteiger partial charge on any atom is 0.156 e. The van der Waals surface area contributed by atoms with Crippen LogP contribution in [-0.4, -0.2) is 15.0 Å². The lowest BCUT2D eigenvalue weighted by Gasteiger charge is -2.29. The summed E-state index contributed by atoms with van der Waals surface area (Å²) in [5.41, 5.74) is 0. The molecule has 0 aliphatic heterocycles. The van der Waals surface area contributed by atoms with Gasteiger partial charge in [-0.2, -0.15) is 0 Å². The van der Waals surface area contributed by atoms with E-state index in [9.17, 15) is 5.11 Å². The van der Waals surface area contributed by atoms with Crippen molar-refractivity contribution in [2.45, 2.75) is 29.7 Å². The third-order valence-corrected chi connectivity index (χ3v) is 4.00. The SMILES string of the molecule is CCC(O)OC1(I)C=C(I)C=C(I)C1. The van der Waals surface area contributed by atoms with Crippen LogP contribution < -0.4 is 0 Å². The highest BCUT2D eigenvalue weighted by Gasteiger charge is 2.31. The van der Waals surface area contributed by atoms with Gasteiger partial charge in [0, 0.05) is 10.0 Å². The molecular weight excluding hydrogens is 521 g/mol. The predicted octanol–water partition coefficient (Wildman–Crippen LogP) is 3.90. The van der Waals surface area contributed by atoms with Crippen LogP contribution >= 0.6 is 67.8 Å². The highest BCUT2D eigenvalue weighted by atomic mass is 127. The summed E-state index contributed by atoms with van der Waals surface area (Å²) in [5, 5.41) is 9.47. The summed E-state index contributed by atoms with van der Waals surface area (Å²) >= 11 is 6.82. The average Bonchev–Trinajstić information content (AvgIpc) is 2.00. The number of ether oxygens (including phenoxy) is 1. The van der Waals surface area contributed by atoms with E-state index in [0.717, 1.165) is 10.0 Å². The van der Waals surface area contributed by atoms with Crippen LogP contribution in [0.2, 0.25) is 0 Å². The number of hydrogen-bond acceptors (Lipinski definition) is 2. The Morgan fingerprint density at radius 1 is 1.64 bits per heavy atom. The number of alkyl halides is 1. The van der Waals surface area contributed by atoms with Gasteiger partial charge in [-0.1, -0.05) is 6.92 Å². The fourth-order valence-electron chi connectivity index (χ4n) is 1.11. The molecule has 80 valence electrons. The second kappa shape index (κ2) is 5.78. The van der Waals surface area contributed by atoms with Gasteiger partial charge in [-0.25, -0.2) is 0 Å². The van der Waals surface area contributed by atoms with Crippen molar-refractivity contribution in [2.24, 2.45) is 0 Å². The summed E-state index contributed by atoms with van der Waals surface area (Å²) in [6.45, 7) is 1.91. The van der Waals surface area contributed by atoms with Crippen LogP contribution in [-0.2, 0) is 4.74 Å². The van der Waals surface area contributed by atoms with Gasteiger partial charge in [-0.05, 0) is 89.9 Å². The van der Waals surface area contributed by atoms with Crippen molar-refractivity contribution in [3.05, 3.63) is 19.3 Å². The van der Waals surface area contributed by atoms with Gasteiger partial charge in [0.2, 0.25) is 0 Å². The van der Waals surface area contributed by atoms with E-state index in [1.807, 2.05) is 6.92 Å². The molecule has 0 aromatic carbocycles. The highest BCUT2D eigenvalue weighted by molar-refractivity contribution is 14.1. The van der Waals surface area contributed by atoms with Gasteiger partial charge in [-0.3, -0.25) is 0 Å². The second-order valence-electron chi connectivity index (χ2n) is 3.06. The predicted molar refractivity (Wildman–Crippen MR) is 83.0 cm³/mol. The largest absolute Gasteiger partial charge is 0.368 e. The lowest BCUT2D eigenvalue weighted by atomic mass is 10.1. The maximum atomic E-state index is 9.47. The Bertz CT molecular complexity index is 275. The molecule has 1 aliphatic rings. The molecule has 0 aromatic heterocycles. The van der Waals surface area contributed by atoms with E-state index in [-0.39, 0.29) is 3.61 Å². The molecule has 0 spiro atoms. The van der Waals surface area contributed by atoms with Crippen molar-refractivity contribution in [3.8, 4) is 0 Å². The normalized spacial score (nSPS) is 29.5. The van der Waals surface area contributed by atoms with E-state index >= 15 is 0 Å². The Hall–Kier alpha value is 1.59. The van der Waals surface area contributed by atoms with Crippen molar-refractivity contribution in [1.82, 2.24) is 0 Å². The summed E-state index contributed by atoms with van der Waals surface area (Å²) in [5.74, 6) is 0. The summed E-state index contributed by atoms with van der Waals surface area (Å²) in [6.07, 6.45) is 4.96. The quantitative estimate of drug-likeness (QED) is 0.340. The summed E-state index contributed by atoms with van der Waals surface area (Å²) in [7, 11) is 0. The third-order valence-electron chi connectivity index (χ3n) is 1.74. The molecule has 0 heterocycles. The summed E-state index contributed by atoms with van der Waals surface area (Å²) in [6, 6.07) is 0. The van der Waals surface area contributed by atoms with Gasteiger partial charge in [0.15, 0.2) is 6.29 Å². The monoisotopic (exact) mass is 532 g/mol. The molecule has 0 bridgehead atoms. The average molecular weight is 532 g/mol.